The van der Waals surface area contributed by atoms with Gasteiger partial charge in [-0.1, -0.05) is 29.3 Å². The average molecular weight is 257 g/mol. The van der Waals surface area contributed by atoms with E-state index < -0.39 is 18.4 Å². The first-order valence-corrected chi connectivity index (χ1v) is 4.60. The molecule has 6 heteroatoms. The van der Waals surface area contributed by atoms with Gasteiger partial charge in [-0.05, 0) is 17.7 Å². The topological polar surface area (TPSA) is 17.1 Å². The lowest BCUT2D eigenvalue weighted by Crippen LogP contribution is -2.24. The van der Waals surface area contributed by atoms with Crippen LogP contribution in [0.5, 0.6) is 0 Å². The van der Waals surface area contributed by atoms with Crippen molar-refractivity contribution < 1.29 is 18.0 Å². The maximum Gasteiger partial charge on any atom is 0.450 e. The lowest BCUT2D eigenvalue weighted by Gasteiger charge is -2.05. The molecule has 0 aromatic heterocycles. The summed E-state index contributed by atoms with van der Waals surface area (Å²) in [6.45, 7) is 0. The van der Waals surface area contributed by atoms with Crippen molar-refractivity contribution in [2.45, 2.75) is 12.6 Å². The monoisotopic (exact) mass is 256 g/mol. The van der Waals surface area contributed by atoms with Crippen molar-refractivity contribution in [3.05, 3.63) is 33.8 Å². The maximum atomic E-state index is 11.9. The Bertz CT molecular complexity index is 387. The molecule has 0 aliphatic carbocycles. The van der Waals surface area contributed by atoms with Crippen LogP contribution >= 0.6 is 23.2 Å². The number of carbonyl (C=O) groups is 1. The van der Waals surface area contributed by atoms with E-state index >= 15 is 0 Å². The van der Waals surface area contributed by atoms with Gasteiger partial charge in [0.05, 0.1) is 10.0 Å². The van der Waals surface area contributed by atoms with Gasteiger partial charge in [-0.15, -0.1) is 0 Å². The summed E-state index contributed by atoms with van der Waals surface area (Å²) in [5.41, 5.74) is 0.187. The van der Waals surface area contributed by atoms with Crippen LogP contribution in [0.3, 0.4) is 0 Å². The van der Waals surface area contributed by atoms with Crippen LogP contribution in [0.4, 0.5) is 13.2 Å². The van der Waals surface area contributed by atoms with Crippen LogP contribution in [0.2, 0.25) is 10.0 Å². The van der Waals surface area contributed by atoms with Crippen molar-refractivity contribution >= 4 is 29.0 Å². The number of Topliss-reactive ketones (excluding diaryl/α,β-unsaturated/α-hetero) is 1. The highest BCUT2D eigenvalue weighted by Gasteiger charge is 2.37. The third kappa shape index (κ3) is 3.39. The summed E-state index contributed by atoms with van der Waals surface area (Å²) in [4.78, 5) is 10.6. The van der Waals surface area contributed by atoms with Crippen LogP contribution in [0, 0.1) is 0 Å². The fourth-order valence-corrected chi connectivity index (χ4v) is 1.26. The molecule has 0 heterocycles. The fraction of sp³-hybridized carbons (Fsp3) is 0.222. The highest BCUT2D eigenvalue weighted by molar-refractivity contribution is 6.42. The lowest BCUT2D eigenvalue weighted by molar-refractivity contribution is -0.170. The van der Waals surface area contributed by atoms with Gasteiger partial charge in [0.15, 0.2) is 0 Å². The molecule has 82 valence electrons. The second-order valence-electron chi connectivity index (χ2n) is 2.85. The predicted octanol–water partition coefficient (Wildman–Crippen LogP) is 3.67. The Morgan fingerprint density at radius 2 is 1.80 bits per heavy atom. The number of benzene rings is 1. The van der Waals surface area contributed by atoms with Gasteiger partial charge < -0.3 is 0 Å². The number of halogens is 5. The number of rotatable bonds is 2. The second-order valence-corrected chi connectivity index (χ2v) is 3.66. The summed E-state index contributed by atoms with van der Waals surface area (Å²) in [5, 5.41) is 0.365. The summed E-state index contributed by atoms with van der Waals surface area (Å²) in [7, 11) is 0. The maximum absolute atomic E-state index is 11.9. The van der Waals surface area contributed by atoms with Crippen molar-refractivity contribution in [3.63, 3.8) is 0 Å². The molecule has 0 amide bonds. The lowest BCUT2D eigenvalue weighted by atomic mass is 10.1. The third-order valence-corrected chi connectivity index (χ3v) is 2.40. The van der Waals surface area contributed by atoms with E-state index in [-0.39, 0.29) is 15.6 Å². The van der Waals surface area contributed by atoms with Crippen molar-refractivity contribution in [3.8, 4) is 0 Å². The molecule has 0 saturated heterocycles. The first kappa shape index (κ1) is 12.3. The molecular formula is C9H5Cl2F3O. The first-order valence-electron chi connectivity index (χ1n) is 3.84. The fourth-order valence-electron chi connectivity index (χ4n) is 0.935. The minimum atomic E-state index is -4.81. The van der Waals surface area contributed by atoms with E-state index in [1.54, 1.807) is 0 Å². The highest BCUT2D eigenvalue weighted by Crippen LogP contribution is 2.24. The van der Waals surface area contributed by atoms with Crippen molar-refractivity contribution in [2.75, 3.05) is 0 Å². The molecule has 0 fully saturated rings. The smallest absolute Gasteiger partial charge is 0.289 e. The van der Waals surface area contributed by atoms with Gasteiger partial charge in [-0.2, -0.15) is 13.2 Å². The average Bonchev–Trinajstić information content (AvgIpc) is 2.10. The van der Waals surface area contributed by atoms with Crippen LogP contribution < -0.4 is 0 Å². The van der Waals surface area contributed by atoms with Crippen LogP contribution in [0.1, 0.15) is 5.56 Å². The molecule has 0 atom stereocenters. The third-order valence-electron chi connectivity index (χ3n) is 1.66. The van der Waals surface area contributed by atoms with Gasteiger partial charge in [0, 0.05) is 6.42 Å². The van der Waals surface area contributed by atoms with Gasteiger partial charge in [-0.25, -0.2) is 0 Å². The summed E-state index contributed by atoms with van der Waals surface area (Å²) < 4.78 is 35.7. The number of carbonyl (C=O) groups excluding carboxylic acids is 1. The molecule has 1 aromatic rings. The van der Waals surface area contributed by atoms with E-state index in [9.17, 15) is 18.0 Å². The van der Waals surface area contributed by atoms with Gasteiger partial charge in [-0.3, -0.25) is 4.79 Å². The Balaban J connectivity index is 2.83. The molecule has 0 aliphatic heterocycles. The SMILES string of the molecule is O=C(Cc1ccc(Cl)c(Cl)c1)C(F)(F)F. The Morgan fingerprint density at radius 1 is 1.20 bits per heavy atom. The van der Waals surface area contributed by atoms with E-state index in [2.05, 4.69) is 0 Å². The van der Waals surface area contributed by atoms with Gasteiger partial charge in [0.2, 0.25) is 5.78 Å². The zero-order valence-electron chi connectivity index (χ0n) is 7.24. The summed E-state index contributed by atoms with van der Waals surface area (Å²) in [5.74, 6) is -1.80. The van der Waals surface area contributed by atoms with Crippen LogP contribution in [0.15, 0.2) is 18.2 Å². The van der Waals surface area contributed by atoms with Crippen molar-refractivity contribution in [1.29, 1.82) is 0 Å². The molecule has 1 aromatic carbocycles. The van der Waals surface area contributed by atoms with Gasteiger partial charge >= 0.3 is 6.18 Å². The number of hydrogen-bond acceptors (Lipinski definition) is 1. The number of hydrogen-bond donors (Lipinski definition) is 0. The van der Waals surface area contributed by atoms with E-state index in [1.165, 1.54) is 18.2 Å². The Kier molecular flexibility index (Phi) is 3.62. The quantitative estimate of drug-likeness (QED) is 0.789. The molecule has 0 saturated carbocycles. The van der Waals surface area contributed by atoms with Crippen LogP contribution in [-0.4, -0.2) is 12.0 Å². The molecule has 0 unspecified atom stereocenters. The van der Waals surface area contributed by atoms with Crippen molar-refractivity contribution in [2.24, 2.45) is 0 Å². The molecule has 0 bridgehead atoms. The molecule has 1 nitrogen and oxygen atoms in total. The zero-order chi connectivity index (χ0) is 11.6. The largest absolute Gasteiger partial charge is 0.450 e. The number of ketones is 1. The van der Waals surface area contributed by atoms with Crippen LogP contribution in [0.25, 0.3) is 0 Å². The molecule has 0 radical (unpaired) electrons. The standard InChI is InChI=1S/C9H5Cl2F3O/c10-6-2-1-5(3-7(6)11)4-8(15)9(12,13)14/h1-3H,4H2. The summed E-state index contributed by atoms with van der Waals surface area (Å²) in [6, 6.07) is 3.92. The van der Waals surface area contributed by atoms with E-state index in [4.69, 9.17) is 23.2 Å². The van der Waals surface area contributed by atoms with Gasteiger partial charge in [0.1, 0.15) is 0 Å². The van der Waals surface area contributed by atoms with E-state index in [1.807, 2.05) is 0 Å². The Morgan fingerprint density at radius 3 is 2.27 bits per heavy atom. The van der Waals surface area contributed by atoms with Crippen LogP contribution in [-0.2, 0) is 11.2 Å². The minimum Gasteiger partial charge on any atom is -0.289 e. The molecular weight excluding hydrogens is 252 g/mol. The van der Waals surface area contributed by atoms with E-state index in [0.29, 0.717) is 0 Å². The number of alkyl halides is 3. The molecule has 1 rings (SSSR count). The molecule has 0 spiro atoms. The summed E-state index contributed by atoms with van der Waals surface area (Å²) >= 11 is 11.2. The highest BCUT2D eigenvalue weighted by atomic mass is 35.5. The predicted molar refractivity (Wildman–Crippen MR) is 51.2 cm³/mol. The Labute approximate surface area is 93.8 Å². The normalized spacial score (nSPS) is 11.5. The minimum absolute atomic E-state index is 0.129. The van der Waals surface area contributed by atoms with E-state index in [0.717, 1.165) is 0 Å². The van der Waals surface area contributed by atoms with Crippen molar-refractivity contribution in [1.82, 2.24) is 0 Å². The molecule has 15 heavy (non-hydrogen) atoms. The molecule has 0 aliphatic rings. The summed E-state index contributed by atoms with van der Waals surface area (Å²) in [6.07, 6.45) is -5.54. The first-order chi connectivity index (χ1) is 6.80. The van der Waals surface area contributed by atoms with Gasteiger partial charge in [0.25, 0.3) is 0 Å². The zero-order valence-corrected chi connectivity index (χ0v) is 8.75. The molecule has 0 N–H and O–H groups in total. The second kappa shape index (κ2) is 4.41. The Hall–Kier alpha value is -0.740.